The van der Waals surface area contributed by atoms with E-state index >= 15 is 0 Å². The van der Waals surface area contributed by atoms with Crippen LogP contribution < -0.4 is 5.32 Å². The van der Waals surface area contributed by atoms with Gasteiger partial charge in [-0.05, 0) is 32.2 Å². The Hall–Kier alpha value is 0.310. The highest BCUT2D eigenvalue weighted by Gasteiger charge is 2.21. The molecular formula is C14H29NS. The lowest BCUT2D eigenvalue weighted by Crippen LogP contribution is -2.37. The minimum atomic E-state index is 0.715. The summed E-state index contributed by atoms with van der Waals surface area (Å²) in [5.74, 6) is 0. The molecule has 1 rings (SSSR count). The second-order valence-electron chi connectivity index (χ2n) is 5.07. The standard InChI is InChI=1S/C14H29NS/c1-4-11-15-14(5-2)12(3)16-13-9-7-6-8-10-13/h12-15H,4-11H2,1-3H3. The van der Waals surface area contributed by atoms with Crippen LogP contribution in [-0.4, -0.2) is 23.1 Å². The molecule has 1 fully saturated rings. The fraction of sp³-hybridized carbons (Fsp3) is 1.00. The molecule has 1 N–H and O–H groups in total. The van der Waals surface area contributed by atoms with E-state index in [1.165, 1.54) is 51.5 Å². The van der Waals surface area contributed by atoms with Crippen LogP contribution in [0.3, 0.4) is 0 Å². The Morgan fingerprint density at radius 2 is 1.88 bits per heavy atom. The van der Waals surface area contributed by atoms with Crippen molar-refractivity contribution < 1.29 is 0 Å². The molecule has 96 valence electrons. The SMILES string of the molecule is CCCNC(CC)C(C)SC1CCCCC1. The molecule has 0 aromatic carbocycles. The number of nitrogens with one attached hydrogen (secondary N) is 1. The van der Waals surface area contributed by atoms with Crippen molar-refractivity contribution in [2.45, 2.75) is 82.3 Å². The van der Waals surface area contributed by atoms with E-state index in [9.17, 15) is 0 Å². The maximum Gasteiger partial charge on any atom is 0.0181 e. The summed E-state index contributed by atoms with van der Waals surface area (Å²) in [5, 5.41) is 5.41. The monoisotopic (exact) mass is 243 g/mol. The quantitative estimate of drug-likeness (QED) is 0.718. The Morgan fingerprint density at radius 1 is 1.19 bits per heavy atom. The first-order chi connectivity index (χ1) is 7.77. The van der Waals surface area contributed by atoms with Crippen LogP contribution in [0.2, 0.25) is 0 Å². The van der Waals surface area contributed by atoms with Crippen LogP contribution >= 0.6 is 11.8 Å². The molecule has 0 bridgehead atoms. The minimum Gasteiger partial charge on any atom is -0.313 e. The highest BCUT2D eigenvalue weighted by molar-refractivity contribution is 8.00. The molecule has 1 aliphatic rings. The Kier molecular flexibility index (Phi) is 7.55. The van der Waals surface area contributed by atoms with Crippen molar-refractivity contribution in [2.75, 3.05) is 6.54 Å². The first-order valence-electron chi connectivity index (χ1n) is 7.16. The molecule has 1 aliphatic carbocycles. The normalized spacial score (nSPS) is 21.9. The van der Waals surface area contributed by atoms with Crippen molar-refractivity contribution in [1.82, 2.24) is 5.32 Å². The van der Waals surface area contributed by atoms with Crippen molar-refractivity contribution in [3.05, 3.63) is 0 Å². The summed E-state index contributed by atoms with van der Waals surface area (Å²) in [4.78, 5) is 0. The minimum absolute atomic E-state index is 0.715. The summed E-state index contributed by atoms with van der Waals surface area (Å²) < 4.78 is 0. The van der Waals surface area contributed by atoms with Crippen LogP contribution in [0.4, 0.5) is 0 Å². The average molecular weight is 243 g/mol. The molecule has 0 spiro atoms. The van der Waals surface area contributed by atoms with Gasteiger partial charge < -0.3 is 5.32 Å². The summed E-state index contributed by atoms with van der Waals surface area (Å²) in [6, 6.07) is 0.715. The Balaban J connectivity index is 2.26. The third-order valence-corrected chi connectivity index (χ3v) is 5.24. The van der Waals surface area contributed by atoms with Crippen molar-refractivity contribution in [1.29, 1.82) is 0 Å². The van der Waals surface area contributed by atoms with E-state index in [2.05, 4.69) is 37.8 Å². The van der Waals surface area contributed by atoms with Gasteiger partial charge in [-0.1, -0.05) is 40.0 Å². The molecule has 0 aliphatic heterocycles. The molecule has 2 heteroatoms. The first kappa shape index (κ1) is 14.4. The zero-order valence-electron chi connectivity index (χ0n) is 11.3. The Bertz CT molecular complexity index is 166. The van der Waals surface area contributed by atoms with Crippen molar-refractivity contribution in [3.8, 4) is 0 Å². The van der Waals surface area contributed by atoms with Gasteiger partial charge in [0.05, 0.1) is 0 Å². The molecule has 16 heavy (non-hydrogen) atoms. The summed E-state index contributed by atoms with van der Waals surface area (Å²) in [5.41, 5.74) is 0. The summed E-state index contributed by atoms with van der Waals surface area (Å²) >= 11 is 2.24. The predicted octanol–water partition coefficient (Wildman–Crippen LogP) is 4.22. The fourth-order valence-corrected chi connectivity index (χ4v) is 4.26. The molecule has 0 amide bonds. The van der Waals surface area contributed by atoms with Gasteiger partial charge in [-0.25, -0.2) is 0 Å². The topological polar surface area (TPSA) is 12.0 Å². The zero-order chi connectivity index (χ0) is 11.8. The van der Waals surface area contributed by atoms with Crippen LogP contribution in [-0.2, 0) is 0 Å². The van der Waals surface area contributed by atoms with Gasteiger partial charge in [0.2, 0.25) is 0 Å². The highest BCUT2D eigenvalue weighted by atomic mass is 32.2. The van der Waals surface area contributed by atoms with Gasteiger partial charge in [0, 0.05) is 16.5 Å². The molecular weight excluding hydrogens is 214 g/mol. The van der Waals surface area contributed by atoms with E-state index in [0.29, 0.717) is 6.04 Å². The van der Waals surface area contributed by atoms with Gasteiger partial charge in [0.15, 0.2) is 0 Å². The molecule has 1 nitrogen and oxygen atoms in total. The third-order valence-electron chi connectivity index (χ3n) is 3.62. The van der Waals surface area contributed by atoms with Gasteiger partial charge in [-0.15, -0.1) is 0 Å². The van der Waals surface area contributed by atoms with Gasteiger partial charge in [-0.2, -0.15) is 11.8 Å². The van der Waals surface area contributed by atoms with Crippen molar-refractivity contribution in [3.63, 3.8) is 0 Å². The number of thioether (sulfide) groups is 1. The van der Waals surface area contributed by atoms with E-state index in [4.69, 9.17) is 0 Å². The highest BCUT2D eigenvalue weighted by Crippen LogP contribution is 2.32. The number of rotatable bonds is 7. The molecule has 0 radical (unpaired) electrons. The zero-order valence-corrected chi connectivity index (χ0v) is 12.1. The number of hydrogen-bond donors (Lipinski definition) is 1. The first-order valence-corrected chi connectivity index (χ1v) is 8.11. The second kappa shape index (κ2) is 8.41. The van der Waals surface area contributed by atoms with E-state index < -0.39 is 0 Å². The van der Waals surface area contributed by atoms with Crippen LogP contribution in [0.1, 0.15) is 65.7 Å². The molecule has 2 atom stereocenters. The molecule has 2 unspecified atom stereocenters. The number of hydrogen-bond acceptors (Lipinski definition) is 2. The largest absolute Gasteiger partial charge is 0.313 e. The summed E-state index contributed by atoms with van der Waals surface area (Å²) in [7, 11) is 0. The van der Waals surface area contributed by atoms with E-state index in [-0.39, 0.29) is 0 Å². The molecule has 0 aromatic rings. The predicted molar refractivity (Wildman–Crippen MR) is 76.3 cm³/mol. The molecule has 0 saturated heterocycles. The summed E-state index contributed by atoms with van der Waals surface area (Å²) in [6.45, 7) is 8.15. The summed E-state index contributed by atoms with van der Waals surface area (Å²) in [6.07, 6.45) is 9.82. The Morgan fingerprint density at radius 3 is 2.44 bits per heavy atom. The maximum atomic E-state index is 3.69. The second-order valence-corrected chi connectivity index (χ2v) is 6.75. The molecule has 0 heterocycles. The van der Waals surface area contributed by atoms with Crippen molar-refractivity contribution in [2.24, 2.45) is 0 Å². The average Bonchev–Trinajstić information content (AvgIpc) is 2.31. The lowest BCUT2D eigenvalue weighted by molar-refractivity contribution is 0.484. The van der Waals surface area contributed by atoms with Crippen LogP contribution in [0.5, 0.6) is 0 Å². The van der Waals surface area contributed by atoms with Crippen LogP contribution in [0, 0.1) is 0 Å². The fourth-order valence-electron chi connectivity index (χ4n) is 2.57. The Labute approximate surface area is 106 Å². The molecule has 0 aromatic heterocycles. The van der Waals surface area contributed by atoms with E-state index in [1.54, 1.807) is 0 Å². The van der Waals surface area contributed by atoms with Gasteiger partial charge in [0.1, 0.15) is 0 Å². The van der Waals surface area contributed by atoms with Gasteiger partial charge >= 0.3 is 0 Å². The van der Waals surface area contributed by atoms with Gasteiger partial charge in [0.25, 0.3) is 0 Å². The van der Waals surface area contributed by atoms with Crippen LogP contribution in [0.25, 0.3) is 0 Å². The maximum absolute atomic E-state index is 3.69. The molecule has 1 saturated carbocycles. The van der Waals surface area contributed by atoms with Crippen molar-refractivity contribution >= 4 is 11.8 Å². The third kappa shape index (κ3) is 5.09. The lowest BCUT2D eigenvalue weighted by Gasteiger charge is -2.29. The lowest BCUT2D eigenvalue weighted by atomic mass is 10.0. The van der Waals surface area contributed by atoms with Crippen LogP contribution in [0.15, 0.2) is 0 Å². The van der Waals surface area contributed by atoms with E-state index in [1.807, 2.05) is 0 Å². The smallest absolute Gasteiger partial charge is 0.0181 e. The van der Waals surface area contributed by atoms with E-state index in [0.717, 1.165) is 10.5 Å². The van der Waals surface area contributed by atoms with Gasteiger partial charge in [-0.3, -0.25) is 0 Å².